The number of hydrogen-bond donors (Lipinski definition) is 1. The van der Waals surface area contributed by atoms with Crippen LogP contribution >= 0.6 is 23.2 Å². The highest BCUT2D eigenvalue weighted by Gasteiger charge is 2.43. The SMILES string of the molecule is COc1cc(Nc2c(C#N)cnc3cc(OC#Cc4cccc(CN5CC6(CCOCC6)C5)n4)c(OC)cc23)c(Cl)cc1Cl. The van der Waals surface area contributed by atoms with Crippen molar-refractivity contribution in [2.75, 3.05) is 45.8 Å². The van der Waals surface area contributed by atoms with Gasteiger partial charge in [-0.3, -0.25) is 9.88 Å². The summed E-state index contributed by atoms with van der Waals surface area (Å²) in [6, 6.07) is 14.7. The molecule has 0 bridgehead atoms. The molecule has 0 unspecified atom stereocenters. The third-order valence-corrected chi connectivity index (χ3v) is 8.59. The van der Waals surface area contributed by atoms with Crippen LogP contribution in [-0.4, -0.2) is 55.4 Å². The Hall–Kier alpha value is -4.25. The van der Waals surface area contributed by atoms with E-state index in [-0.39, 0.29) is 0 Å². The van der Waals surface area contributed by atoms with Gasteiger partial charge in [0, 0.05) is 62.0 Å². The molecule has 1 spiro atoms. The molecule has 4 heterocycles. The van der Waals surface area contributed by atoms with Crippen LogP contribution in [0.4, 0.5) is 11.4 Å². The predicted molar refractivity (Wildman–Crippen MR) is 169 cm³/mol. The van der Waals surface area contributed by atoms with Gasteiger partial charge in [-0.1, -0.05) is 29.3 Å². The highest BCUT2D eigenvalue weighted by atomic mass is 35.5. The first-order valence-electron chi connectivity index (χ1n) is 14.0. The number of methoxy groups -OCH3 is 2. The Morgan fingerprint density at radius 1 is 1.02 bits per heavy atom. The summed E-state index contributed by atoms with van der Waals surface area (Å²) < 4.78 is 22.3. The van der Waals surface area contributed by atoms with Crippen LogP contribution in [0, 0.1) is 28.8 Å². The fourth-order valence-electron chi connectivity index (χ4n) is 5.71. The van der Waals surface area contributed by atoms with Crippen molar-refractivity contribution in [2.24, 2.45) is 5.41 Å². The molecular formula is C33H29Cl2N5O4. The Morgan fingerprint density at radius 3 is 2.57 bits per heavy atom. The first-order valence-corrected chi connectivity index (χ1v) is 14.8. The van der Waals surface area contributed by atoms with Crippen molar-refractivity contribution in [1.82, 2.24) is 14.9 Å². The molecule has 1 N–H and O–H groups in total. The van der Waals surface area contributed by atoms with Crippen LogP contribution in [0.25, 0.3) is 10.9 Å². The molecule has 2 saturated heterocycles. The van der Waals surface area contributed by atoms with E-state index in [2.05, 4.69) is 33.3 Å². The number of rotatable bonds is 7. The molecule has 2 aliphatic rings. The Bertz CT molecular complexity index is 1820. The molecule has 0 atom stereocenters. The summed E-state index contributed by atoms with van der Waals surface area (Å²) in [6.07, 6.45) is 6.50. The summed E-state index contributed by atoms with van der Waals surface area (Å²) in [7, 11) is 3.04. The third kappa shape index (κ3) is 6.19. The number of nitriles is 1. The van der Waals surface area contributed by atoms with Gasteiger partial charge in [0.05, 0.1) is 52.4 Å². The van der Waals surface area contributed by atoms with Crippen molar-refractivity contribution in [3.05, 3.63) is 75.7 Å². The fourth-order valence-corrected chi connectivity index (χ4v) is 6.22. The van der Waals surface area contributed by atoms with Gasteiger partial charge in [0.25, 0.3) is 0 Å². The Balaban J connectivity index is 1.21. The summed E-state index contributed by atoms with van der Waals surface area (Å²) >= 11 is 12.7. The van der Waals surface area contributed by atoms with Crippen LogP contribution in [0.2, 0.25) is 10.0 Å². The Morgan fingerprint density at radius 2 is 1.82 bits per heavy atom. The number of benzene rings is 2. The van der Waals surface area contributed by atoms with Crippen molar-refractivity contribution >= 4 is 45.5 Å². The lowest BCUT2D eigenvalue weighted by Gasteiger charge is -2.52. The molecule has 0 radical (unpaired) electrons. The molecule has 2 aromatic heterocycles. The molecule has 2 aromatic carbocycles. The van der Waals surface area contributed by atoms with Crippen LogP contribution in [0.15, 0.2) is 48.7 Å². The van der Waals surface area contributed by atoms with E-state index in [4.69, 9.17) is 47.1 Å². The van der Waals surface area contributed by atoms with Gasteiger partial charge in [0.1, 0.15) is 23.6 Å². The number of aromatic nitrogens is 2. The number of nitrogens with zero attached hydrogens (tertiary/aromatic N) is 4. The lowest BCUT2D eigenvalue weighted by atomic mass is 9.73. The van der Waals surface area contributed by atoms with Crippen LogP contribution in [-0.2, 0) is 11.3 Å². The average molecular weight is 631 g/mol. The zero-order valence-electron chi connectivity index (χ0n) is 24.2. The smallest absolute Gasteiger partial charge is 0.184 e. The van der Waals surface area contributed by atoms with E-state index in [0.717, 1.165) is 51.4 Å². The molecule has 0 saturated carbocycles. The molecule has 11 heteroatoms. The summed E-state index contributed by atoms with van der Waals surface area (Å²) in [6.45, 7) is 4.68. The summed E-state index contributed by atoms with van der Waals surface area (Å²) in [5.74, 6) is 4.22. The number of fused-ring (bicyclic) bond motifs is 1. The van der Waals surface area contributed by atoms with Gasteiger partial charge in [-0.05, 0) is 43.0 Å². The number of hydrogen-bond acceptors (Lipinski definition) is 9. The van der Waals surface area contributed by atoms with Gasteiger partial charge in [-0.25, -0.2) is 4.98 Å². The van der Waals surface area contributed by atoms with E-state index < -0.39 is 0 Å². The predicted octanol–water partition coefficient (Wildman–Crippen LogP) is 6.57. The molecule has 9 nitrogen and oxygen atoms in total. The van der Waals surface area contributed by atoms with E-state index in [1.807, 2.05) is 18.2 Å². The molecule has 0 amide bonds. The second-order valence-electron chi connectivity index (χ2n) is 10.9. The number of pyridine rings is 2. The largest absolute Gasteiger partial charge is 0.495 e. The highest BCUT2D eigenvalue weighted by molar-refractivity contribution is 6.37. The first kappa shape index (κ1) is 29.8. The minimum atomic E-state index is 0.310. The summed E-state index contributed by atoms with van der Waals surface area (Å²) in [5, 5.41) is 14.4. The van der Waals surface area contributed by atoms with E-state index in [1.54, 1.807) is 24.3 Å². The molecule has 44 heavy (non-hydrogen) atoms. The van der Waals surface area contributed by atoms with Gasteiger partial charge in [0.15, 0.2) is 11.5 Å². The maximum absolute atomic E-state index is 9.82. The lowest BCUT2D eigenvalue weighted by Crippen LogP contribution is -2.57. The van der Waals surface area contributed by atoms with E-state index in [0.29, 0.717) is 66.2 Å². The normalized spacial score (nSPS) is 15.5. The topological polar surface area (TPSA) is 102 Å². The van der Waals surface area contributed by atoms with Crippen molar-refractivity contribution in [3.63, 3.8) is 0 Å². The van der Waals surface area contributed by atoms with E-state index in [9.17, 15) is 5.26 Å². The first-order chi connectivity index (χ1) is 21.4. The second kappa shape index (κ2) is 12.8. The molecule has 6 rings (SSSR count). The van der Waals surface area contributed by atoms with Gasteiger partial charge in [0.2, 0.25) is 0 Å². The lowest BCUT2D eigenvalue weighted by molar-refractivity contribution is -0.0842. The van der Waals surface area contributed by atoms with Crippen LogP contribution in [0.1, 0.15) is 29.8 Å². The molecule has 224 valence electrons. The van der Waals surface area contributed by atoms with Crippen LogP contribution in [0.5, 0.6) is 17.2 Å². The molecule has 2 aliphatic heterocycles. The zero-order valence-corrected chi connectivity index (χ0v) is 25.8. The number of nitrogens with one attached hydrogen (secondary N) is 1. The second-order valence-corrected chi connectivity index (χ2v) is 11.7. The maximum atomic E-state index is 9.82. The molecule has 4 aromatic rings. The zero-order chi connectivity index (χ0) is 30.7. The van der Waals surface area contributed by atoms with Crippen molar-refractivity contribution in [1.29, 1.82) is 5.26 Å². The quantitative estimate of drug-likeness (QED) is 0.227. The van der Waals surface area contributed by atoms with Crippen molar-refractivity contribution < 1.29 is 18.9 Å². The maximum Gasteiger partial charge on any atom is 0.184 e. The Labute approximate surface area is 265 Å². The van der Waals surface area contributed by atoms with Gasteiger partial charge < -0.3 is 24.3 Å². The number of anilines is 2. The standard InChI is InChI=1S/C33H29Cl2N5O4/c1-41-29-15-28(25(34)13-26(29)35)39-32-21(16-36)17-37-27-14-31(30(42-2)12-24(27)32)44-9-6-22-4-3-5-23(38-22)18-40-19-33(20-40)7-10-43-11-8-33/h3-5,12-15,17H,7-8,10-11,18-20H2,1-2H3,(H,37,39). The minimum absolute atomic E-state index is 0.310. The molecule has 0 aliphatic carbocycles. The number of likely N-dealkylation sites (tertiary alicyclic amines) is 1. The number of halogens is 2. The minimum Gasteiger partial charge on any atom is -0.495 e. The number of ether oxygens (including phenoxy) is 4. The molecular weight excluding hydrogens is 601 g/mol. The van der Waals surface area contributed by atoms with Crippen molar-refractivity contribution in [3.8, 4) is 35.3 Å². The van der Waals surface area contributed by atoms with Gasteiger partial charge in [-0.2, -0.15) is 5.26 Å². The Kier molecular flexibility index (Phi) is 8.65. The fraction of sp³-hybridized carbons (Fsp3) is 0.303. The van der Waals surface area contributed by atoms with E-state index >= 15 is 0 Å². The van der Waals surface area contributed by atoms with Gasteiger partial charge >= 0.3 is 0 Å². The summed E-state index contributed by atoms with van der Waals surface area (Å²) in [4.78, 5) is 11.6. The summed E-state index contributed by atoms with van der Waals surface area (Å²) in [5.41, 5.74) is 3.86. The van der Waals surface area contributed by atoms with Crippen molar-refractivity contribution in [2.45, 2.75) is 19.4 Å². The van der Waals surface area contributed by atoms with Gasteiger partial charge in [-0.15, -0.1) is 0 Å². The van der Waals surface area contributed by atoms with Crippen LogP contribution < -0.4 is 19.5 Å². The molecule has 2 fully saturated rings. The average Bonchev–Trinajstić information content (AvgIpc) is 3.02. The monoisotopic (exact) mass is 629 g/mol. The highest BCUT2D eigenvalue weighted by Crippen LogP contribution is 2.41. The third-order valence-electron chi connectivity index (χ3n) is 7.98. The van der Waals surface area contributed by atoms with Crippen LogP contribution in [0.3, 0.4) is 0 Å². The van der Waals surface area contributed by atoms with E-state index in [1.165, 1.54) is 20.4 Å².